The Morgan fingerprint density at radius 3 is 2.10 bits per heavy atom. The summed E-state index contributed by atoms with van der Waals surface area (Å²) in [6.45, 7) is 6.12. The van der Waals surface area contributed by atoms with Crippen molar-refractivity contribution in [3.05, 3.63) is 48.0 Å². The number of rotatable bonds is 3. The summed E-state index contributed by atoms with van der Waals surface area (Å²) in [7, 11) is 0. The molecule has 2 aromatic rings. The van der Waals surface area contributed by atoms with Crippen LogP contribution in [-0.4, -0.2) is 21.6 Å². The molecule has 0 aliphatic rings. The number of carbonyl (C=O) groups is 1. The van der Waals surface area contributed by atoms with Crippen molar-refractivity contribution in [3.63, 3.8) is 0 Å². The van der Waals surface area contributed by atoms with Gasteiger partial charge in [0.05, 0.1) is 0 Å². The molecule has 0 aliphatic carbocycles. The number of aromatic nitrogens is 2. The fourth-order valence-corrected chi connectivity index (χ4v) is 1.63. The molecule has 1 aromatic carbocycles. The van der Waals surface area contributed by atoms with Crippen LogP contribution < -0.4 is 10.6 Å². The van der Waals surface area contributed by atoms with Crippen molar-refractivity contribution in [2.75, 3.05) is 10.6 Å². The maximum absolute atomic E-state index is 11.9. The molecule has 0 saturated heterocycles. The zero-order valence-corrected chi connectivity index (χ0v) is 11.8. The molecule has 0 atom stereocenters. The molecular weight excluding hydrogens is 252 g/mol. The molecule has 2 rings (SSSR count). The van der Waals surface area contributed by atoms with Crippen molar-refractivity contribution in [1.29, 1.82) is 0 Å². The van der Waals surface area contributed by atoms with Gasteiger partial charge < -0.3 is 10.6 Å². The Morgan fingerprint density at radius 2 is 1.55 bits per heavy atom. The Kier molecular flexibility index (Phi) is 3.98. The lowest BCUT2D eigenvalue weighted by Crippen LogP contribution is -2.26. The molecule has 1 aromatic heterocycles. The normalized spacial score (nSPS) is 10.9. The van der Waals surface area contributed by atoms with E-state index < -0.39 is 0 Å². The zero-order valence-electron chi connectivity index (χ0n) is 11.8. The fraction of sp³-hybridized carbons (Fsp3) is 0.267. The van der Waals surface area contributed by atoms with Gasteiger partial charge in [0.1, 0.15) is 5.82 Å². The van der Waals surface area contributed by atoms with E-state index in [-0.39, 0.29) is 11.4 Å². The van der Waals surface area contributed by atoms with Crippen molar-refractivity contribution >= 4 is 17.5 Å². The summed E-state index contributed by atoms with van der Waals surface area (Å²) in [6, 6.07) is 12.5. The Balaban J connectivity index is 2.02. The van der Waals surface area contributed by atoms with Crippen LogP contribution in [0.4, 0.5) is 11.6 Å². The second kappa shape index (κ2) is 5.69. The van der Waals surface area contributed by atoms with Crippen LogP contribution in [0, 0.1) is 0 Å². The van der Waals surface area contributed by atoms with Gasteiger partial charge in [-0.3, -0.25) is 4.79 Å². The second-order valence-electron chi connectivity index (χ2n) is 5.50. The van der Waals surface area contributed by atoms with Crippen LogP contribution in [0.15, 0.2) is 42.5 Å². The number of anilines is 2. The van der Waals surface area contributed by atoms with E-state index in [0.29, 0.717) is 17.2 Å². The molecule has 1 amide bonds. The van der Waals surface area contributed by atoms with Crippen LogP contribution in [0.25, 0.3) is 0 Å². The summed E-state index contributed by atoms with van der Waals surface area (Å²) in [6.07, 6.45) is 0. The Morgan fingerprint density at radius 1 is 0.950 bits per heavy atom. The van der Waals surface area contributed by atoms with E-state index in [0.717, 1.165) is 0 Å². The Bertz CT molecular complexity index is 573. The first-order chi connectivity index (χ1) is 9.44. The highest BCUT2D eigenvalue weighted by Crippen LogP contribution is 2.13. The lowest BCUT2D eigenvalue weighted by Gasteiger charge is -2.20. The maximum Gasteiger partial charge on any atom is 0.256 e. The summed E-state index contributed by atoms with van der Waals surface area (Å²) in [5.41, 5.74) is 0.509. The third-order valence-electron chi connectivity index (χ3n) is 2.45. The van der Waals surface area contributed by atoms with Crippen LogP contribution in [0.5, 0.6) is 0 Å². The van der Waals surface area contributed by atoms with E-state index in [2.05, 4.69) is 20.8 Å². The summed E-state index contributed by atoms with van der Waals surface area (Å²) < 4.78 is 0. The summed E-state index contributed by atoms with van der Waals surface area (Å²) in [4.78, 5) is 11.9. The molecular formula is C15H18N4O. The van der Waals surface area contributed by atoms with Gasteiger partial charge >= 0.3 is 0 Å². The highest BCUT2D eigenvalue weighted by atomic mass is 16.1. The monoisotopic (exact) mass is 270 g/mol. The molecule has 0 fully saturated rings. The van der Waals surface area contributed by atoms with Gasteiger partial charge in [0.2, 0.25) is 0 Å². The van der Waals surface area contributed by atoms with Crippen molar-refractivity contribution in [3.8, 4) is 0 Å². The molecule has 2 N–H and O–H groups in total. The smallest absolute Gasteiger partial charge is 0.256 e. The maximum atomic E-state index is 11.9. The molecule has 1 heterocycles. The highest BCUT2D eigenvalue weighted by molar-refractivity contribution is 6.03. The van der Waals surface area contributed by atoms with Gasteiger partial charge in [0.15, 0.2) is 5.82 Å². The lowest BCUT2D eigenvalue weighted by molar-refractivity contribution is 0.102. The molecule has 0 unspecified atom stereocenters. The molecule has 104 valence electrons. The van der Waals surface area contributed by atoms with E-state index >= 15 is 0 Å². The van der Waals surface area contributed by atoms with Crippen molar-refractivity contribution in [2.24, 2.45) is 0 Å². The van der Waals surface area contributed by atoms with Crippen molar-refractivity contribution in [1.82, 2.24) is 10.2 Å². The number of benzene rings is 1. The van der Waals surface area contributed by atoms with E-state index in [1.165, 1.54) is 0 Å². The number of hydrogen-bond acceptors (Lipinski definition) is 4. The number of nitrogens with zero attached hydrogens (tertiary/aromatic N) is 2. The van der Waals surface area contributed by atoms with Crippen molar-refractivity contribution < 1.29 is 4.79 Å². The van der Waals surface area contributed by atoms with E-state index in [1.54, 1.807) is 24.3 Å². The Labute approximate surface area is 118 Å². The minimum Gasteiger partial charge on any atom is -0.364 e. The molecule has 0 radical (unpaired) electrons. The Hall–Kier alpha value is -2.43. The van der Waals surface area contributed by atoms with E-state index in [1.807, 2.05) is 39.0 Å². The third-order valence-corrected chi connectivity index (χ3v) is 2.45. The molecule has 0 bridgehead atoms. The zero-order chi connectivity index (χ0) is 14.6. The predicted octanol–water partition coefficient (Wildman–Crippen LogP) is 2.94. The van der Waals surface area contributed by atoms with Crippen LogP contribution in [0.1, 0.15) is 31.1 Å². The van der Waals surface area contributed by atoms with Crippen LogP contribution >= 0.6 is 0 Å². The quantitative estimate of drug-likeness (QED) is 0.900. The van der Waals surface area contributed by atoms with Gasteiger partial charge in [-0.25, -0.2) is 0 Å². The topological polar surface area (TPSA) is 66.9 Å². The highest BCUT2D eigenvalue weighted by Gasteiger charge is 2.11. The molecule has 0 saturated carbocycles. The SMILES string of the molecule is CC(C)(C)Nc1ccc(NC(=O)c2ccccc2)nn1. The number of hydrogen-bond donors (Lipinski definition) is 2. The van der Waals surface area contributed by atoms with Gasteiger partial charge in [-0.2, -0.15) is 0 Å². The number of amides is 1. The van der Waals surface area contributed by atoms with E-state index in [9.17, 15) is 4.79 Å². The van der Waals surface area contributed by atoms with Gasteiger partial charge in [0, 0.05) is 11.1 Å². The van der Waals surface area contributed by atoms with Gasteiger partial charge in [-0.05, 0) is 45.0 Å². The first-order valence-corrected chi connectivity index (χ1v) is 6.42. The average molecular weight is 270 g/mol. The minimum atomic E-state index is -0.198. The number of carbonyl (C=O) groups excluding carboxylic acids is 1. The minimum absolute atomic E-state index is 0.0799. The third kappa shape index (κ3) is 4.05. The predicted molar refractivity (Wildman–Crippen MR) is 79.8 cm³/mol. The van der Waals surface area contributed by atoms with Gasteiger partial charge in [-0.1, -0.05) is 18.2 Å². The fourth-order valence-electron chi connectivity index (χ4n) is 1.63. The lowest BCUT2D eigenvalue weighted by atomic mass is 10.1. The molecule has 5 heteroatoms. The average Bonchev–Trinajstić information content (AvgIpc) is 2.40. The van der Waals surface area contributed by atoms with Crippen molar-refractivity contribution in [2.45, 2.75) is 26.3 Å². The van der Waals surface area contributed by atoms with E-state index in [4.69, 9.17) is 0 Å². The summed E-state index contributed by atoms with van der Waals surface area (Å²) >= 11 is 0. The first-order valence-electron chi connectivity index (χ1n) is 6.42. The largest absolute Gasteiger partial charge is 0.364 e. The van der Waals surface area contributed by atoms with Crippen LogP contribution in [-0.2, 0) is 0 Å². The molecule has 0 aliphatic heterocycles. The molecule has 0 spiro atoms. The molecule has 5 nitrogen and oxygen atoms in total. The second-order valence-corrected chi connectivity index (χ2v) is 5.50. The summed E-state index contributed by atoms with van der Waals surface area (Å²) in [5.74, 6) is 0.907. The van der Waals surface area contributed by atoms with Gasteiger partial charge in [0.25, 0.3) is 5.91 Å². The summed E-state index contributed by atoms with van der Waals surface area (Å²) in [5, 5.41) is 13.9. The van der Waals surface area contributed by atoms with Crippen LogP contribution in [0.2, 0.25) is 0 Å². The first kappa shape index (κ1) is 14.0. The standard InChI is InChI=1S/C15H18N4O/c1-15(2,3)17-13-10-9-12(18-19-13)16-14(20)11-7-5-4-6-8-11/h4-10H,1-3H3,(H,17,19)(H,16,18,20). The van der Waals surface area contributed by atoms with Gasteiger partial charge in [-0.15, -0.1) is 10.2 Å². The molecule has 20 heavy (non-hydrogen) atoms. The van der Waals surface area contributed by atoms with Crippen LogP contribution in [0.3, 0.4) is 0 Å². The number of nitrogens with one attached hydrogen (secondary N) is 2.